The molecule has 64 valence electrons. The number of aliphatic hydroxyl groups excluding tert-OH is 1. The molecule has 0 aromatic rings. The summed E-state index contributed by atoms with van der Waals surface area (Å²) < 4.78 is 5.23. The largest absolute Gasteiger partial charge is 0.394 e. The van der Waals surface area contributed by atoms with Gasteiger partial charge in [-0.25, -0.2) is 0 Å². The summed E-state index contributed by atoms with van der Waals surface area (Å²) in [5.74, 6) is 0. The number of nitrogens with one attached hydrogen (secondary N) is 1. The fourth-order valence-electron chi connectivity index (χ4n) is 1.58. The van der Waals surface area contributed by atoms with Gasteiger partial charge in [0.15, 0.2) is 0 Å². The van der Waals surface area contributed by atoms with Crippen LogP contribution >= 0.6 is 0 Å². The second-order valence-electron chi connectivity index (χ2n) is 3.64. The van der Waals surface area contributed by atoms with Crippen LogP contribution in [0.5, 0.6) is 0 Å². The van der Waals surface area contributed by atoms with Gasteiger partial charge in [-0.05, 0) is 19.3 Å². The van der Waals surface area contributed by atoms with Crippen LogP contribution in [-0.2, 0) is 4.74 Å². The van der Waals surface area contributed by atoms with Crippen molar-refractivity contribution >= 4 is 0 Å². The maximum atomic E-state index is 9.01. The van der Waals surface area contributed by atoms with E-state index in [2.05, 4.69) is 5.32 Å². The van der Waals surface area contributed by atoms with Crippen LogP contribution in [0.3, 0.4) is 0 Å². The number of ether oxygens (including phenoxy) is 1. The number of aliphatic hydroxyl groups is 1. The average Bonchev–Trinajstić information content (AvgIpc) is 2.59. The minimum atomic E-state index is 0.0817. The zero-order valence-corrected chi connectivity index (χ0v) is 6.68. The molecule has 2 aliphatic rings. The van der Waals surface area contributed by atoms with Gasteiger partial charge < -0.3 is 15.2 Å². The maximum absolute atomic E-state index is 9.01. The minimum Gasteiger partial charge on any atom is -0.394 e. The van der Waals surface area contributed by atoms with Gasteiger partial charge in [0, 0.05) is 18.2 Å². The Hall–Kier alpha value is -0.120. The van der Waals surface area contributed by atoms with E-state index >= 15 is 0 Å². The van der Waals surface area contributed by atoms with Crippen molar-refractivity contribution in [1.29, 1.82) is 0 Å². The summed E-state index contributed by atoms with van der Waals surface area (Å²) in [5, 5.41) is 12.5. The highest BCUT2D eigenvalue weighted by Gasteiger charge is 2.43. The Labute approximate surface area is 66.7 Å². The van der Waals surface area contributed by atoms with Crippen molar-refractivity contribution in [3.8, 4) is 0 Å². The molecular weight excluding hydrogens is 142 g/mol. The highest BCUT2D eigenvalue weighted by Crippen LogP contribution is 2.35. The lowest BCUT2D eigenvalue weighted by Crippen LogP contribution is -2.42. The first kappa shape index (κ1) is 7.53. The Morgan fingerprint density at radius 2 is 2.36 bits per heavy atom. The number of rotatable bonds is 3. The molecule has 1 aliphatic carbocycles. The van der Waals surface area contributed by atoms with E-state index in [1.54, 1.807) is 0 Å². The molecule has 1 saturated heterocycles. The summed E-state index contributed by atoms with van der Waals surface area (Å²) in [4.78, 5) is 0. The molecule has 0 spiro atoms. The Bertz CT molecular complexity index is 139. The van der Waals surface area contributed by atoms with Gasteiger partial charge in [0.05, 0.1) is 13.2 Å². The van der Waals surface area contributed by atoms with Crippen molar-refractivity contribution in [2.45, 2.75) is 30.8 Å². The summed E-state index contributed by atoms with van der Waals surface area (Å²) in [5.41, 5.74) is 0.0817. The molecule has 1 unspecified atom stereocenters. The summed E-state index contributed by atoms with van der Waals surface area (Å²) >= 11 is 0. The van der Waals surface area contributed by atoms with Crippen LogP contribution in [0.2, 0.25) is 0 Å². The van der Waals surface area contributed by atoms with E-state index in [9.17, 15) is 0 Å². The number of hydrogen-bond acceptors (Lipinski definition) is 3. The highest BCUT2D eigenvalue weighted by atomic mass is 16.5. The molecule has 0 amide bonds. The third-order valence-electron chi connectivity index (χ3n) is 2.60. The van der Waals surface area contributed by atoms with E-state index in [0.717, 1.165) is 32.5 Å². The van der Waals surface area contributed by atoms with Gasteiger partial charge in [-0.2, -0.15) is 0 Å². The lowest BCUT2D eigenvalue weighted by molar-refractivity contribution is 0.176. The lowest BCUT2D eigenvalue weighted by Gasteiger charge is -2.18. The maximum Gasteiger partial charge on any atom is 0.0620 e. The molecule has 1 heterocycles. The van der Waals surface area contributed by atoms with E-state index in [1.807, 2.05) is 0 Å². The van der Waals surface area contributed by atoms with Crippen LogP contribution in [0.1, 0.15) is 19.3 Å². The topological polar surface area (TPSA) is 41.5 Å². The predicted molar refractivity (Wildman–Crippen MR) is 41.4 cm³/mol. The van der Waals surface area contributed by atoms with E-state index < -0.39 is 0 Å². The van der Waals surface area contributed by atoms with Crippen LogP contribution in [0.4, 0.5) is 0 Å². The molecule has 3 heteroatoms. The molecule has 0 bridgehead atoms. The Balaban J connectivity index is 1.80. The van der Waals surface area contributed by atoms with Crippen molar-refractivity contribution < 1.29 is 9.84 Å². The van der Waals surface area contributed by atoms with Crippen LogP contribution in [0.25, 0.3) is 0 Å². The van der Waals surface area contributed by atoms with Gasteiger partial charge >= 0.3 is 0 Å². The van der Waals surface area contributed by atoms with Crippen LogP contribution < -0.4 is 5.32 Å². The Kier molecular flexibility index (Phi) is 1.87. The minimum absolute atomic E-state index is 0.0817. The van der Waals surface area contributed by atoms with Gasteiger partial charge in [0.2, 0.25) is 0 Å². The first-order valence-corrected chi connectivity index (χ1v) is 4.31. The standard InChI is InChI=1S/C8H15NO2/c10-6-8(2-3-8)9-7-1-4-11-5-7/h7,9-10H,1-6H2. The SMILES string of the molecule is OCC1(NC2CCOC2)CC1. The van der Waals surface area contributed by atoms with Gasteiger partial charge in [0.25, 0.3) is 0 Å². The average molecular weight is 157 g/mol. The monoisotopic (exact) mass is 157 g/mol. The zero-order valence-electron chi connectivity index (χ0n) is 6.68. The van der Waals surface area contributed by atoms with Crippen molar-refractivity contribution in [2.24, 2.45) is 0 Å². The predicted octanol–water partition coefficient (Wildman–Crippen LogP) is -0.110. The molecule has 3 nitrogen and oxygen atoms in total. The van der Waals surface area contributed by atoms with E-state index in [-0.39, 0.29) is 12.1 Å². The molecule has 2 N–H and O–H groups in total. The smallest absolute Gasteiger partial charge is 0.0620 e. The van der Waals surface area contributed by atoms with Crippen molar-refractivity contribution in [3.63, 3.8) is 0 Å². The van der Waals surface area contributed by atoms with Crippen molar-refractivity contribution in [2.75, 3.05) is 19.8 Å². The molecule has 1 atom stereocenters. The second kappa shape index (κ2) is 2.73. The Morgan fingerprint density at radius 1 is 1.55 bits per heavy atom. The van der Waals surface area contributed by atoms with E-state index in [1.165, 1.54) is 0 Å². The van der Waals surface area contributed by atoms with E-state index in [4.69, 9.17) is 9.84 Å². The zero-order chi connectivity index (χ0) is 7.73. The van der Waals surface area contributed by atoms with Gasteiger partial charge in [-0.1, -0.05) is 0 Å². The molecule has 11 heavy (non-hydrogen) atoms. The summed E-state index contributed by atoms with van der Waals surface area (Å²) in [6, 6.07) is 0.490. The number of hydrogen-bond donors (Lipinski definition) is 2. The molecule has 1 saturated carbocycles. The summed E-state index contributed by atoms with van der Waals surface area (Å²) in [6.07, 6.45) is 3.35. The molecule has 0 aromatic carbocycles. The normalized spacial score (nSPS) is 34.1. The molecule has 0 radical (unpaired) electrons. The summed E-state index contributed by atoms with van der Waals surface area (Å²) in [7, 11) is 0. The fourth-order valence-corrected chi connectivity index (χ4v) is 1.58. The highest BCUT2D eigenvalue weighted by molar-refractivity contribution is 5.03. The van der Waals surface area contributed by atoms with E-state index in [0.29, 0.717) is 6.04 Å². The fraction of sp³-hybridized carbons (Fsp3) is 1.00. The van der Waals surface area contributed by atoms with Gasteiger partial charge in [0.1, 0.15) is 0 Å². The first-order valence-electron chi connectivity index (χ1n) is 4.31. The third kappa shape index (κ3) is 1.55. The Morgan fingerprint density at radius 3 is 2.82 bits per heavy atom. The van der Waals surface area contributed by atoms with Crippen LogP contribution in [0, 0.1) is 0 Å². The van der Waals surface area contributed by atoms with Crippen LogP contribution in [-0.4, -0.2) is 36.5 Å². The van der Waals surface area contributed by atoms with Gasteiger partial charge in [-0.3, -0.25) is 0 Å². The first-order chi connectivity index (χ1) is 5.35. The molecule has 2 fully saturated rings. The second-order valence-corrected chi connectivity index (χ2v) is 3.64. The quantitative estimate of drug-likeness (QED) is 0.600. The van der Waals surface area contributed by atoms with Crippen LogP contribution in [0.15, 0.2) is 0 Å². The van der Waals surface area contributed by atoms with Crippen molar-refractivity contribution in [3.05, 3.63) is 0 Å². The van der Waals surface area contributed by atoms with Crippen molar-refractivity contribution in [1.82, 2.24) is 5.32 Å². The molecule has 2 rings (SSSR count). The molecule has 1 aliphatic heterocycles. The third-order valence-corrected chi connectivity index (χ3v) is 2.60. The molecule has 0 aromatic heterocycles. The van der Waals surface area contributed by atoms with Gasteiger partial charge in [-0.15, -0.1) is 0 Å². The summed E-state index contributed by atoms with van der Waals surface area (Å²) in [6.45, 7) is 1.98. The molecular formula is C8H15NO2. The lowest BCUT2D eigenvalue weighted by atomic mass is 10.2.